The number of hydrogen-bond acceptors (Lipinski definition) is 5. The molecule has 2 heterocycles. The molecule has 0 radical (unpaired) electrons. The minimum absolute atomic E-state index is 0.603. The van der Waals surface area contributed by atoms with Gasteiger partial charge < -0.3 is 0 Å². The number of fused-ring (bicyclic) bond motifs is 1. The van der Waals surface area contributed by atoms with E-state index in [1.807, 2.05) is 67.7 Å². The van der Waals surface area contributed by atoms with E-state index in [0.717, 1.165) is 95.4 Å². The number of pyridine rings is 1. The number of rotatable bonds is 8. The molecule has 0 bridgehead atoms. The van der Waals surface area contributed by atoms with Crippen LogP contribution in [0.2, 0.25) is 0 Å². The lowest BCUT2D eigenvalue weighted by Gasteiger charge is -2.11. The van der Waals surface area contributed by atoms with Gasteiger partial charge in [0.1, 0.15) is 0 Å². The van der Waals surface area contributed by atoms with Gasteiger partial charge in [0.15, 0.2) is 17.5 Å². The van der Waals surface area contributed by atoms with Gasteiger partial charge in [-0.15, -0.1) is 0 Å². The molecule has 0 fully saturated rings. The lowest BCUT2D eigenvalue weighted by Crippen LogP contribution is -2.22. The lowest BCUT2D eigenvalue weighted by molar-refractivity contribution is 1.01. The van der Waals surface area contributed by atoms with Crippen LogP contribution in [0.15, 0.2) is 176 Å². The Bertz CT molecular complexity index is 3110. The Hall–Kier alpha value is -7.81. The molecule has 0 spiro atoms. The second-order valence-electron chi connectivity index (χ2n) is 14.6. The first kappa shape index (κ1) is 36.8. The second-order valence-corrected chi connectivity index (χ2v) is 14.6. The summed E-state index contributed by atoms with van der Waals surface area (Å²) in [6, 6.07) is 52.0. The van der Waals surface area contributed by atoms with E-state index in [1.165, 1.54) is 0 Å². The van der Waals surface area contributed by atoms with E-state index >= 15 is 0 Å². The van der Waals surface area contributed by atoms with Gasteiger partial charge in [-0.2, -0.15) is 5.26 Å². The molecule has 1 aliphatic carbocycles. The van der Waals surface area contributed by atoms with E-state index in [-0.39, 0.29) is 0 Å². The molecule has 0 saturated carbocycles. The van der Waals surface area contributed by atoms with E-state index < -0.39 is 0 Å². The van der Waals surface area contributed by atoms with Crippen LogP contribution in [-0.2, 0) is 0 Å². The van der Waals surface area contributed by atoms with Crippen LogP contribution in [-0.4, -0.2) is 19.9 Å². The summed E-state index contributed by atoms with van der Waals surface area (Å²) in [6.45, 7) is 6.42. The number of nitrogens with zero attached hydrogens (tertiary/aromatic N) is 5. The maximum atomic E-state index is 10.1. The average molecular weight is 758 g/mol. The minimum Gasteiger partial charge on any atom is -0.256 e. The summed E-state index contributed by atoms with van der Waals surface area (Å²) >= 11 is 0. The van der Waals surface area contributed by atoms with Gasteiger partial charge in [0.25, 0.3) is 0 Å². The monoisotopic (exact) mass is 757 g/mol. The standard InChI is InChI=1S/C54H39N5/c1-3-38(39-23-27-45(28-24-39)54-58-52(43-12-6-4-7-13-43)57-53(59-54)44-14-8-5-9-15-44)32-47-33-46(20-19-36(47)2)49-31-37(35-55)30-48(34-49)40-21-25-41(26-22-40)50-18-10-16-42-17-11-29-56-51(42)50/h3-4,6-8,10-34H,2,5,9H2,1H3/b38-3+,47-32-. The predicted molar refractivity (Wildman–Crippen MR) is 243 cm³/mol. The molecule has 0 saturated heterocycles. The average Bonchev–Trinajstić information content (AvgIpc) is 3.31. The summed E-state index contributed by atoms with van der Waals surface area (Å²) in [5, 5.41) is 13.1. The molecule has 0 atom stereocenters. The maximum Gasteiger partial charge on any atom is 0.164 e. The highest BCUT2D eigenvalue weighted by Gasteiger charge is 2.14. The van der Waals surface area contributed by atoms with E-state index in [9.17, 15) is 5.26 Å². The van der Waals surface area contributed by atoms with Crippen molar-refractivity contribution < 1.29 is 0 Å². The highest BCUT2D eigenvalue weighted by atomic mass is 15.0. The van der Waals surface area contributed by atoms with Gasteiger partial charge in [0, 0.05) is 33.8 Å². The Morgan fingerprint density at radius 2 is 1.31 bits per heavy atom. The molecule has 0 aliphatic heterocycles. The molecule has 0 amide bonds. The first-order valence-electron chi connectivity index (χ1n) is 19.8. The first-order valence-corrected chi connectivity index (χ1v) is 19.8. The molecule has 280 valence electrons. The van der Waals surface area contributed by atoms with Crippen LogP contribution in [0, 0.1) is 11.3 Å². The zero-order chi connectivity index (χ0) is 40.1. The van der Waals surface area contributed by atoms with Crippen LogP contribution in [0.1, 0.15) is 36.7 Å². The van der Waals surface area contributed by atoms with Crippen LogP contribution < -0.4 is 10.4 Å². The van der Waals surface area contributed by atoms with Gasteiger partial charge in [-0.05, 0) is 106 Å². The maximum absolute atomic E-state index is 10.1. The molecule has 59 heavy (non-hydrogen) atoms. The van der Waals surface area contributed by atoms with Crippen LogP contribution in [0.5, 0.6) is 0 Å². The predicted octanol–water partition coefficient (Wildman–Crippen LogP) is 11.7. The van der Waals surface area contributed by atoms with Crippen LogP contribution in [0.25, 0.3) is 90.9 Å². The number of benzene rings is 6. The highest BCUT2D eigenvalue weighted by molar-refractivity contribution is 5.94. The summed E-state index contributed by atoms with van der Waals surface area (Å²) in [7, 11) is 0. The molecule has 9 rings (SSSR count). The van der Waals surface area contributed by atoms with Crippen LogP contribution in [0.4, 0.5) is 0 Å². The Morgan fingerprint density at radius 1 is 0.627 bits per heavy atom. The molecule has 2 aromatic heterocycles. The fourth-order valence-corrected chi connectivity index (χ4v) is 7.56. The van der Waals surface area contributed by atoms with Crippen LogP contribution in [0.3, 0.4) is 0 Å². The number of aromatic nitrogens is 4. The van der Waals surface area contributed by atoms with Gasteiger partial charge in [0.05, 0.1) is 17.1 Å². The molecule has 0 N–H and O–H groups in total. The summed E-state index contributed by atoms with van der Waals surface area (Å²) in [6.07, 6.45) is 14.6. The number of para-hydroxylation sites is 1. The number of hydrogen-bond donors (Lipinski definition) is 0. The van der Waals surface area contributed by atoms with Gasteiger partial charge in [0.2, 0.25) is 0 Å². The Kier molecular flexibility index (Phi) is 10.2. The van der Waals surface area contributed by atoms with Crippen molar-refractivity contribution in [2.45, 2.75) is 19.8 Å². The zero-order valence-electron chi connectivity index (χ0n) is 32.7. The third-order valence-corrected chi connectivity index (χ3v) is 10.7. The molecule has 0 unspecified atom stereocenters. The van der Waals surface area contributed by atoms with Gasteiger partial charge >= 0.3 is 0 Å². The van der Waals surface area contributed by atoms with E-state index in [1.54, 1.807) is 0 Å². The second kappa shape index (κ2) is 16.3. The topological polar surface area (TPSA) is 75.3 Å². The van der Waals surface area contributed by atoms with E-state index in [2.05, 4.69) is 139 Å². The third kappa shape index (κ3) is 7.81. The quantitative estimate of drug-likeness (QED) is 0.154. The Labute approximate surface area is 344 Å². The van der Waals surface area contributed by atoms with Gasteiger partial charge in [-0.1, -0.05) is 146 Å². The Balaban J connectivity index is 1.02. The van der Waals surface area contributed by atoms with Crippen molar-refractivity contribution in [3.05, 3.63) is 203 Å². The molecule has 1 aliphatic rings. The molecule has 5 nitrogen and oxygen atoms in total. The van der Waals surface area contributed by atoms with Gasteiger partial charge in [-0.25, -0.2) is 15.0 Å². The summed E-state index contributed by atoms with van der Waals surface area (Å²) < 4.78 is 0. The van der Waals surface area contributed by atoms with Crippen molar-refractivity contribution in [1.82, 2.24) is 19.9 Å². The van der Waals surface area contributed by atoms with Crippen molar-refractivity contribution in [1.29, 1.82) is 5.26 Å². The van der Waals surface area contributed by atoms with E-state index in [4.69, 9.17) is 15.0 Å². The Morgan fingerprint density at radius 3 is 2.03 bits per heavy atom. The summed E-state index contributed by atoms with van der Waals surface area (Å²) in [4.78, 5) is 19.4. The van der Waals surface area contributed by atoms with Crippen molar-refractivity contribution in [2.24, 2.45) is 0 Å². The number of nitriles is 1. The zero-order valence-corrected chi connectivity index (χ0v) is 32.7. The van der Waals surface area contributed by atoms with Crippen molar-refractivity contribution >= 4 is 34.7 Å². The van der Waals surface area contributed by atoms with E-state index in [0.29, 0.717) is 23.0 Å². The SMILES string of the molecule is C=c1ccc(-c2cc(C#N)cc(-c3ccc(-c4cccc5cccnc45)cc3)c2)c/c1=C/C(=C\C)c1ccc(-c2nc(C3=CCCC=C3)nc(-c3ccccc3)n2)cc1. The molecular weight excluding hydrogens is 719 g/mol. The lowest BCUT2D eigenvalue weighted by atomic mass is 9.94. The van der Waals surface area contributed by atoms with Gasteiger partial charge in [-0.3, -0.25) is 4.98 Å². The largest absolute Gasteiger partial charge is 0.256 e. The summed E-state index contributed by atoms with van der Waals surface area (Å²) in [5.41, 5.74) is 12.8. The minimum atomic E-state index is 0.603. The molecule has 5 heteroatoms. The van der Waals surface area contributed by atoms with Crippen molar-refractivity contribution in [3.8, 4) is 62.2 Å². The molecular formula is C54H39N5. The third-order valence-electron chi connectivity index (χ3n) is 10.7. The fraction of sp³-hybridized carbons (Fsp3) is 0.0556. The smallest absolute Gasteiger partial charge is 0.164 e. The fourth-order valence-electron chi connectivity index (χ4n) is 7.56. The normalized spacial score (nSPS) is 13.0. The van der Waals surface area contributed by atoms with Crippen molar-refractivity contribution in [2.75, 3.05) is 0 Å². The first-order chi connectivity index (χ1) is 29.0. The van der Waals surface area contributed by atoms with Crippen LogP contribution >= 0.6 is 0 Å². The highest BCUT2D eigenvalue weighted by Crippen LogP contribution is 2.32. The summed E-state index contributed by atoms with van der Waals surface area (Å²) in [5.74, 6) is 1.97. The number of allylic oxidation sites excluding steroid dienone is 6. The molecule has 6 aromatic carbocycles. The molecule has 8 aromatic rings. The van der Waals surface area contributed by atoms with Crippen molar-refractivity contribution in [3.63, 3.8) is 0 Å².